The topological polar surface area (TPSA) is 55.1 Å². The van der Waals surface area contributed by atoms with Gasteiger partial charge >= 0.3 is 5.97 Å². The van der Waals surface area contributed by atoms with Crippen molar-refractivity contribution in [3.05, 3.63) is 29.0 Å². The molecule has 0 aliphatic rings. The second-order valence-corrected chi connectivity index (χ2v) is 4.64. The van der Waals surface area contributed by atoms with Crippen LogP contribution in [0.25, 0.3) is 11.0 Å². The van der Waals surface area contributed by atoms with E-state index in [-0.39, 0.29) is 6.42 Å². The predicted molar refractivity (Wildman–Crippen MR) is 71.0 cm³/mol. The van der Waals surface area contributed by atoms with Crippen molar-refractivity contribution >= 4 is 28.6 Å². The number of rotatable bonds is 5. The molecule has 0 radical (unpaired) electrons. The summed E-state index contributed by atoms with van der Waals surface area (Å²) in [5.41, 5.74) is 1.85. The van der Waals surface area contributed by atoms with E-state index in [1.54, 1.807) is 0 Å². The number of fused-ring (bicyclic) bond motifs is 1. The number of carbonyl (C=O) groups is 1. The molecule has 0 fully saturated rings. The van der Waals surface area contributed by atoms with Gasteiger partial charge in [-0.25, -0.2) is 4.98 Å². The molecule has 2 rings (SSSR count). The summed E-state index contributed by atoms with van der Waals surface area (Å²) in [6, 6.07) is 5.58. The second kappa shape index (κ2) is 5.40. The van der Waals surface area contributed by atoms with E-state index in [9.17, 15) is 4.79 Å². The van der Waals surface area contributed by atoms with Crippen LogP contribution in [0.15, 0.2) is 18.2 Å². The largest absolute Gasteiger partial charge is 0.481 e. The lowest BCUT2D eigenvalue weighted by atomic mass is 10.3. The van der Waals surface area contributed by atoms with Crippen molar-refractivity contribution in [2.45, 2.75) is 32.7 Å². The Morgan fingerprint density at radius 1 is 1.50 bits per heavy atom. The van der Waals surface area contributed by atoms with Crippen LogP contribution in [-0.2, 0) is 17.8 Å². The molecule has 4 nitrogen and oxygen atoms in total. The van der Waals surface area contributed by atoms with Gasteiger partial charge in [-0.15, -0.1) is 0 Å². The Balaban J connectivity index is 2.43. The standard InChI is InChI=1S/C13H15ClN2O2/c1-2-7-16-11-4-3-9(14)8-10(11)15-12(16)5-6-13(17)18/h3-4,8H,2,5-7H2,1H3,(H,17,18). The number of carboxylic acid groups (broad SMARTS) is 1. The van der Waals surface area contributed by atoms with E-state index in [1.165, 1.54) is 0 Å². The van der Waals surface area contributed by atoms with E-state index < -0.39 is 5.97 Å². The summed E-state index contributed by atoms with van der Waals surface area (Å²) in [6.45, 7) is 2.93. The molecular formula is C13H15ClN2O2. The zero-order chi connectivity index (χ0) is 13.1. The van der Waals surface area contributed by atoms with Crippen molar-refractivity contribution in [2.75, 3.05) is 0 Å². The first-order valence-electron chi connectivity index (χ1n) is 5.98. The van der Waals surface area contributed by atoms with Crippen LogP contribution in [0.1, 0.15) is 25.6 Å². The van der Waals surface area contributed by atoms with Crippen LogP contribution in [-0.4, -0.2) is 20.6 Å². The maximum absolute atomic E-state index is 10.7. The lowest BCUT2D eigenvalue weighted by molar-refractivity contribution is -0.137. The molecule has 1 heterocycles. The van der Waals surface area contributed by atoms with E-state index in [0.29, 0.717) is 11.4 Å². The first kappa shape index (κ1) is 12.9. The van der Waals surface area contributed by atoms with Crippen LogP contribution in [0.4, 0.5) is 0 Å². The fraction of sp³-hybridized carbons (Fsp3) is 0.385. The Bertz CT molecular complexity index is 578. The van der Waals surface area contributed by atoms with E-state index in [1.807, 2.05) is 18.2 Å². The lowest BCUT2D eigenvalue weighted by Crippen LogP contribution is -2.06. The van der Waals surface area contributed by atoms with Crippen LogP contribution >= 0.6 is 11.6 Å². The minimum absolute atomic E-state index is 0.0980. The summed E-state index contributed by atoms with van der Waals surface area (Å²) in [5, 5.41) is 9.40. The number of aliphatic carboxylic acids is 1. The molecule has 1 aromatic heterocycles. The Kier molecular flexibility index (Phi) is 3.87. The van der Waals surface area contributed by atoms with Gasteiger partial charge in [-0.3, -0.25) is 4.79 Å². The number of hydrogen-bond donors (Lipinski definition) is 1. The normalized spacial score (nSPS) is 11.0. The molecular weight excluding hydrogens is 252 g/mol. The molecule has 2 aromatic rings. The van der Waals surface area contributed by atoms with Gasteiger partial charge in [0.05, 0.1) is 17.5 Å². The second-order valence-electron chi connectivity index (χ2n) is 4.21. The van der Waals surface area contributed by atoms with E-state index in [0.717, 1.165) is 29.8 Å². The molecule has 0 bridgehead atoms. The fourth-order valence-electron chi connectivity index (χ4n) is 2.04. The number of halogens is 1. The highest BCUT2D eigenvalue weighted by atomic mass is 35.5. The molecule has 0 amide bonds. The number of nitrogens with zero attached hydrogens (tertiary/aromatic N) is 2. The van der Waals surface area contributed by atoms with Gasteiger partial charge in [0.1, 0.15) is 5.82 Å². The lowest BCUT2D eigenvalue weighted by Gasteiger charge is -2.06. The quantitative estimate of drug-likeness (QED) is 0.905. The highest BCUT2D eigenvalue weighted by Gasteiger charge is 2.11. The summed E-state index contributed by atoms with van der Waals surface area (Å²) >= 11 is 5.94. The van der Waals surface area contributed by atoms with Crippen LogP contribution in [0.5, 0.6) is 0 Å². The van der Waals surface area contributed by atoms with Gasteiger partial charge in [0, 0.05) is 18.0 Å². The van der Waals surface area contributed by atoms with E-state index in [2.05, 4.69) is 16.5 Å². The van der Waals surface area contributed by atoms with Crippen LogP contribution < -0.4 is 0 Å². The number of benzene rings is 1. The van der Waals surface area contributed by atoms with Crippen LogP contribution in [0.3, 0.4) is 0 Å². The molecule has 0 spiro atoms. The number of carboxylic acids is 1. The van der Waals surface area contributed by atoms with Crippen molar-refractivity contribution < 1.29 is 9.90 Å². The third-order valence-electron chi connectivity index (χ3n) is 2.80. The molecule has 0 unspecified atom stereocenters. The van der Waals surface area contributed by atoms with Gasteiger partial charge in [-0.2, -0.15) is 0 Å². The number of hydrogen-bond acceptors (Lipinski definition) is 2. The Labute approximate surface area is 110 Å². The number of aryl methyl sites for hydroxylation is 2. The molecule has 18 heavy (non-hydrogen) atoms. The minimum atomic E-state index is -0.803. The van der Waals surface area contributed by atoms with Gasteiger partial charge < -0.3 is 9.67 Å². The maximum atomic E-state index is 10.7. The zero-order valence-corrected chi connectivity index (χ0v) is 10.9. The van der Waals surface area contributed by atoms with Crippen molar-refractivity contribution in [3.63, 3.8) is 0 Å². The zero-order valence-electron chi connectivity index (χ0n) is 10.2. The summed E-state index contributed by atoms with van der Waals surface area (Å²) in [5.74, 6) is 0.0136. The van der Waals surface area contributed by atoms with Gasteiger partial charge in [0.25, 0.3) is 0 Å². The molecule has 5 heteroatoms. The Hall–Kier alpha value is -1.55. The Morgan fingerprint density at radius 3 is 2.94 bits per heavy atom. The average molecular weight is 267 g/mol. The van der Waals surface area contributed by atoms with Crippen molar-refractivity contribution in [1.82, 2.24) is 9.55 Å². The van der Waals surface area contributed by atoms with E-state index in [4.69, 9.17) is 16.7 Å². The molecule has 0 saturated heterocycles. The molecule has 1 N–H and O–H groups in total. The van der Waals surface area contributed by atoms with Crippen molar-refractivity contribution in [1.29, 1.82) is 0 Å². The monoisotopic (exact) mass is 266 g/mol. The predicted octanol–water partition coefficient (Wildman–Crippen LogP) is 3.12. The third kappa shape index (κ3) is 2.64. The molecule has 0 saturated carbocycles. The van der Waals surface area contributed by atoms with Crippen LogP contribution in [0.2, 0.25) is 5.02 Å². The third-order valence-corrected chi connectivity index (χ3v) is 3.03. The number of aromatic nitrogens is 2. The SMILES string of the molecule is CCCn1c(CCC(=O)O)nc2cc(Cl)ccc21. The minimum Gasteiger partial charge on any atom is -0.481 e. The average Bonchev–Trinajstić information content (AvgIpc) is 2.64. The van der Waals surface area contributed by atoms with Gasteiger partial charge in [-0.1, -0.05) is 18.5 Å². The molecule has 0 aliphatic carbocycles. The number of imidazole rings is 1. The summed E-state index contributed by atoms with van der Waals surface area (Å²) in [7, 11) is 0. The Morgan fingerprint density at radius 2 is 2.28 bits per heavy atom. The molecule has 0 atom stereocenters. The highest BCUT2D eigenvalue weighted by molar-refractivity contribution is 6.31. The van der Waals surface area contributed by atoms with Gasteiger partial charge in [0.15, 0.2) is 0 Å². The van der Waals surface area contributed by atoms with Crippen LogP contribution in [0, 0.1) is 0 Å². The molecule has 1 aromatic carbocycles. The smallest absolute Gasteiger partial charge is 0.303 e. The highest BCUT2D eigenvalue weighted by Crippen LogP contribution is 2.21. The summed E-state index contributed by atoms with van der Waals surface area (Å²) in [6.07, 6.45) is 1.52. The van der Waals surface area contributed by atoms with Gasteiger partial charge in [0.2, 0.25) is 0 Å². The van der Waals surface area contributed by atoms with Crippen molar-refractivity contribution in [2.24, 2.45) is 0 Å². The van der Waals surface area contributed by atoms with Gasteiger partial charge in [-0.05, 0) is 24.6 Å². The van der Waals surface area contributed by atoms with Crippen molar-refractivity contribution in [3.8, 4) is 0 Å². The first-order valence-corrected chi connectivity index (χ1v) is 6.36. The first-order chi connectivity index (χ1) is 8.61. The summed E-state index contributed by atoms with van der Waals surface area (Å²) in [4.78, 5) is 15.1. The fourth-order valence-corrected chi connectivity index (χ4v) is 2.20. The maximum Gasteiger partial charge on any atom is 0.303 e. The molecule has 96 valence electrons. The molecule has 0 aliphatic heterocycles. The van der Waals surface area contributed by atoms with E-state index >= 15 is 0 Å². The summed E-state index contributed by atoms with van der Waals surface area (Å²) < 4.78 is 2.08.